The minimum atomic E-state index is -4.00. The van der Waals surface area contributed by atoms with Gasteiger partial charge in [0.05, 0.1) is 4.90 Å². The van der Waals surface area contributed by atoms with Crippen LogP contribution in [-0.2, 0) is 32.5 Å². The number of hydrogen-bond donors (Lipinski definition) is 1. The van der Waals surface area contributed by atoms with E-state index in [2.05, 4.69) is 0 Å². The van der Waals surface area contributed by atoms with E-state index in [1.54, 1.807) is 18.2 Å². The van der Waals surface area contributed by atoms with Crippen LogP contribution in [0.5, 0.6) is 0 Å². The summed E-state index contributed by atoms with van der Waals surface area (Å²) in [5, 5.41) is 0. The van der Waals surface area contributed by atoms with Crippen LogP contribution in [0.2, 0.25) is 0 Å². The second-order valence-corrected chi connectivity index (χ2v) is 3.21. The Morgan fingerprint density at radius 3 is 1.82 bits per heavy atom. The van der Waals surface area contributed by atoms with E-state index in [0.717, 1.165) is 0 Å². The fourth-order valence-corrected chi connectivity index (χ4v) is 1.09. The summed E-state index contributed by atoms with van der Waals surface area (Å²) >= 11 is 0. The third-order valence-electron chi connectivity index (χ3n) is 1.04. The number of benzene rings is 1. The van der Waals surface area contributed by atoms with Gasteiger partial charge in [-0.25, -0.2) is 0 Å². The first-order valence-corrected chi connectivity index (χ1v) is 4.07. The third kappa shape index (κ3) is 3.18. The number of rotatable bonds is 1. The molecule has 1 rings (SSSR count). The van der Waals surface area contributed by atoms with Crippen LogP contribution in [0.15, 0.2) is 35.2 Å². The van der Waals surface area contributed by atoms with E-state index in [0.29, 0.717) is 0 Å². The van der Waals surface area contributed by atoms with Crippen LogP contribution in [0.25, 0.3) is 0 Å². The quantitative estimate of drug-likeness (QED) is 0.603. The Balaban J connectivity index is 0.000001000. The van der Waals surface area contributed by atoms with Crippen molar-refractivity contribution in [1.29, 1.82) is 0 Å². The molecule has 11 heavy (non-hydrogen) atoms. The fourth-order valence-electron chi connectivity index (χ4n) is 0.592. The summed E-state index contributed by atoms with van der Waals surface area (Å²) in [5.41, 5.74) is 0. The molecule has 65 valence electrons. The second kappa shape index (κ2) is 4.04. The first-order valence-electron chi connectivity index (χ1n) is 2.63. The predicted molar refractivity (Wildman–Crippen MR) is 36.3 cm³/mol. The van der Waals surface area contributed by atoms with Crippen molar-refractivity contribution in [2.45, 2.75) is 4.90 Å². The smallest absolute Gasteiger partial charge is 0.282 e. The van der Waals surface area contributed by atoms with E-state index < -0.39 is 10.1 Å². The number of hydrogen-bond acceptors (Lipinski definition) is 2. The molecule has 1 radical (unpaired) electrons. The molecule has 0 bridgehead atoms. The van der Waals surface area contributed by atoms with E-state index in [9.17, 15) is 8.42 Å². The van der Waals surface area contributed by atoms with Gasteiger partial charge in [0.2, 0.25) is 0 Å². The van der Waals surface area contributed by atoms with E-state index in [4.69, 9.17) is 4.55 Å². The summed E-state index contributed by atoms with van der Waals surface area (Å²) in [6.07, 6.45) is 0. The maximum absolute atomic E-state index is 10.4. The maximum Gasteiger partial charge on any atom is 0.294 e. The molecule has 0 atom stereocenters. The van der Waals surface area contributed by atoms with Crippen LogP contribution in [0.4, 0.5) is 0 Å². The molecule has 0 saturated heterocycles. The Kier molecular flexibility index (Phi) is 3.99. The van der Waals surface area contributed by atoms with Gasteiger partial charge in [-0.3, -0.25) is 4.55 Å². The van der Waals surface area contributed by atoms with Gasteiger partial charge < -0.3 is 0 Å². The summed E-state index contributed by atoms with van der Waals surface area (Å²) in [6.45, 7) is 0. The maximum atomic E-state index is 10.4. The standard InChI is InChI=1S/C6H6O3S.Au/c7-10(8,9)6-4-2-1-3-5-6;/h1-5H,(H,7,8,9);. The first kappa shape index (κ1) is 10.9. The molecular weight excluding hydrogens is 349 g/mol. The van der Waals surface area contributed by atoms with Crippen molar-refractivity contribution in [1.82, 2.24) is 0 Å². The van der Waals surface area contributed by atoms with Gasteiger partial charge in [0.15, 0.2) is 0 Å². The van der Waals surface area contributed by atoms with Gasteiger partial charge in [-0.1, -0.05) is 18.2 Å². The molecule has 1 N–H and O–H groups in total. The second-order valence-electron chi connectivity index (χ2n) is 1.79. The van der Waals surface area contributed by atoms with Crippen LogP contribution < -0.4 is 0 Å². The molecular formula is C6H6AuO3S. The summed E-state index contributed by atoms with van der Waals surface area (Å²) in [4.78, 5) is -0.0741. The molecule has 0 aliphatic carbocycles. The van der Waals surface area contributed by atoms with Gasteiger partial charge in [0.1, 0.15) is 0 Å². The minimum Gasteiger partial charge on any atom is -0.282 e. The molecule has 0 aromatic heterocycles. The van der Waals surface area contributed by atoms with E-state index in [-0.39, 0.29) is 27.3 Å². The van der Waals surface area contributed by atoms with Crippen molar-refractivity contribution >= 4 is 10.1 Å². The van der Waals surface area contributed by atoms with E-state index in [1.165, 1.54) is 12.1 Å². The zero-order valence-corrected chi connectivity index (χ0v) is 8.34. The van der Waals surface area contributed by atoms with Crippen molar-refractivity contribution < 1.29 is 35.4 Å². The monoisotopic (exact) mass is 355 g/mol. The molecule has 0 aliphatic heterocycles. The Morgan fingerprint density at radius 2 is 1.55 bits per heavy atom. The molecule has 0 saturated carbocycles. The molecule has 0 unspecified atom stereocenters. The van der Waals surface area contributed by atoms with Crippen LogP contribution >= 0.6 is 0 Å². The van der Waals surface area contributed by atoms with Crippen molar-refractivity contribution in [2.75, 3.05) is 0 Å². The van der Waals surface area contributed by atoms with Gasteiger partial charge in [0, 0.05) is 22.4 Å². The third-order valence-corrected chi connectivity index (χ3v) is 1.91. The predicted octanol–water partition coefficient (Wildman–Crippen LogP) is 0.931. The van der Waals surface area contributed by atoms with Gasteiger partial charge in [-0.15, -0.1) is 0 Å². The molecule has 0 fully saturated rings. The zero-order valence-electron chi connectivity index (χ0n) is 5.36. The van der Waals surface area contributed by atoms with Gasteiger partial charge in [-0.2, -0.15) is 8.42 Å². The molecule has 1 aromatic rings. The largest absolute Gasteiger partial charge is 0.294 e. The Labute approximate surface area is 80.7 Å². The molecule has 0 amide bonds. The normalized spacial score (nSPS) is 10.3. The van der Waals surface area contributed by atoms with Crippen LogP contribution in [-0.4, -0.2) is 13.0 Å². The van der Waals surface area contributed by atoms with Crippen molar-refractivity contribution in [3.8, 4) is 0 Å². The SMILES string of the molecule is O=S(=O)(O)c1ccccc1.[Au]. The molecule has 5 heteroatoms. The molecule has 0 spiro atoms. The van der Waals surface area contributed by atoms with Crippen LogP contribution in [0.3, 0.4) is 0 Å². The van der Waals surface area contributed by atoms with Gasteiger partial charge in [-0.05, 0) is 12.1 Å². The minimum absolute atomic E-state index is 0. The summed E-state index contributed by atoms with van der Waals surface area (Å²) in [6, 6.07) is 7.42. The Hall–Kier alpha value is -0.130. The molecule has 1 aromatic carbocycles. The summed E-state index contributed by atoms with van der Waals surface area (Å²) < 4.78 is 29.2. The fraction of sp³-hybridized carbons (Fsp3) is 0. The van der Waals surface area contributed by atoms with Crippen molar-refractivity contribution in [3.05, 3.63) is 30.3 Å². The average molecular weight is 355 g/mol. The van der Waals surface area contributed by atoms with Crippen LogP contribution in [0, 0.1) is 0 Å². The van der Waals surface area contributed by atoms with Gasteiger partial charge in [0.25, 0.3) is 10.1 Å². The summed E-state index contributed by atoms with van der Waals surface area (Å²) in [5.74, 6) is 0. The topological polar surface area (TPSA) is 54.4 Å². The van der Waals surface area contributed by atoms with E-state index >= 15 is 0 Å². The Bertz CT molecular complexity index is 306. The molecule has 0 heterocycles. The van der Waals surface area contributed by atoms with Crippen molar-refractivity contribution in [3.63, 3.8) is 0 Å². The van der Waals surface area contributed by atoms with E-state index in [1.807, 2.05) is 0 Å². The van der Waals surface area contributed by atoms with Gasteiger partial charge >= 0.3 is 0 Å². The molecule has 3 nitrogen and oxygen atoms in total. The zero-order chi connectivity index (χ0) is 7.61. The first-order chi connectivity index (χ1) is 4.61. The molecule has 0 aliphatic rings. The Morgan fingerprint density at radius 1 is 1.09 bits per heavy atom. The summed E-state index contributed by atoms with van der Waals surface area (Å²) in [7, 11) is -4.00. The van der Waals surface area contributed by atoms with Crippen molar-refractivity contribution in [2.24, 2.45) is 0 Å². The average Bonchev–Trinajstić information content (AvgIpc) is 1.88. The van der Waals surface area contributed by atoms with Crippen LogP contribution in [0.1, 0.15) is 0 Å².